The molecule has 1 aromatic carbocycles. The van der Waals surface area contributed by atoms with Crippen LogP contribution < -0.4 is 5.32 Å². The first-order valence-electron chi connectivity index (χ1n) is 5.98. The van der Waals surface area contributed by atoms with Crippen LogP contribution in [0.15, 0.2) is 33.6 Å². The molecule has 0 aliphatic carbocycles. The van der Waals surface area contributed by atoms with Crippen LogP contribution in [0.4, 0.5) is 0 Å². The van der Waals surface area contributed by atoms with E-state index in [4.69, 9.17) is 0 Å². The van der Waals surface area contributed by atoms with Gasteiger partial charge in [0.2, 0.25) is 0 Å². The molecule has 0 atom stereocenters. The summed E-state index contributed by atoms with van der Waals surface area (Å²) < 4.78 is 1.14. The summed E-state index contributed by atoms with van der Waals surface area (Å²) in [6, 6.07) is 8.57. The number of nitrogens with one attached hydrogen (secondary N) is 1. The number of benzene rings is 1. The number of piperazine rings is 1. The number of nitrogens with zero attached hydrogens (tertiary/aromatic N) is 1. The molecule has 0 radical (unpaired) electrons. The number of halogens is 1. The molecule has 4 heteroatoms. The van der Waals surface area contributed by atoms with E-state index in [0.717, 1.165) is 30.7 Å². The zero-order chi connectivity index (χ0) is 12.3. The molecule has 2 nitrogen and oxygen atoms in total. The van der Waals surface area contributed by atoms with E-state index >= 15 is 0 Å². The summed E-state index contributed by atoms with van der Waals surface area (Å²) in [6.07, 6.45) is 0. The van der Waals surface area contributed by atoms with E-state index in [-0.39, 0.29) is 4.87 Å². The van der Waals surface area contributed by atoms with Crippen molar-refractivity contribution in [3.63, 3.8) is 0 Å². The van der Waals surface area contributed by atoms with E-state index < -0.39 is 0 Å². The van der Waals surface area contributed by atoms with Crippen LogP contribution in [0.3, 0.4) is 0 Å². The van der Waals surface area contributed by atoms with Gasteiger partial charge in [-0.2, -0.15) is 0 Å². The van der Waals surface area contributed by atoms with Gasteiger partial charge >= 0.3 is 0 Å². The van der Waals surface area contributed by atoms with Gasteiger partial charge in [0.15, 0.2) is 0 Å². The molecule has 0 saturated carbocycles. The van der Waals surface area contributed by atoms with E-state index in [1.807, 2.05) is 11.8 Å². The smallest absolute Gasteiger partial charge is 0.0660 e. The van der Waals surface area contributed by atoms with Crippen molar-refractivity contribution in [2.24, 2.45) is 0 Å². The average molecular weight is 315 g/mol. The molecule has 0 unspecified atom stereocenters. The van der Waals surface area contributed by atoms with Crippen molar-refractivity contribution in [2.45, 2.75) is 23.6 Å². The van der Waals surface area contributed by atoms with E-state index in [1.165, 1.54) is 4.90 Å². The highest BCUT2D eigenvalue weighted by Crippen LogP contribution is 2.35. The van der Waals surface area contributed by atoms with Gasteiger partial charge in [0.05, 0.1) is 4.87 Å². The first-order valence-corrected chi connectivity index (χ1v) is 7.59. The molecule has 1 N–H and O–H groups in total. The molecule has 1 aliphatic rings. The van der Waals surface area contributed by atoms with Crippen molar-refractivity contribution in [3.05, 3.63) is 28.7 Å². The normalized spacial score (nSPS) is 18.3. The zero-order valence-electron chi connectivity index (χ0n) is 10.4. The third kappa shape index (κ3) is 3.71. The number of rotatable bonds is 3. The summed E-state index contributed by atoms with van der Waals surface area (Å²) in [5.74, 6) is 0. The highest BCUT2D eigenvalue weighted by atomic mass is 79.9. The zero-order valence-corrected chi connectivity index (χ0v) is 12.8. The van der Waals surface area contributed by atoms with E-state index in [0.29, 0.717) is 0 Å². The van der Waals surface area contributed by atoms with E-state index in [9.17, 15) is 0 Å². The molecule has 1 fully saturated rings. The monoisotopic (exact) mass is 314 g/mol. The van der Waals surface area contributed by atoms with Crippen molar-refractivity contribution in [3.8, 4) is 0 Å². The van der Waals surface area contributed by atoms with Crippen molar-refractivity contribution < 1.29 is 0 Å². The topological polar surface area (TPSA) is 15.3 Å². The van der Waals surface area contributed by atoms with Crippen LogP contribution in [0.2, 0.25) is 0 Å². The van der Waals surface area contributed by atoms with E-state index in [1.54, 1.807) is 0 Å². The van der Waals surface area contributed by atoms with Gasteiger partial charge in [-0.1, -0.05) is 15.9 Å². The largest absolute Gasteiger partial charge is 0.314 e. The molecule has 0 amide bonds. The van der Waals surface area contributed by atoms with Gasteiger partial charge < -0.3 is 5.32 Å². The second-order valence-corrected chi connectivity index (χ2v) is 7.33. The van der Waals surface area contributed by atoms with Crippen molar-refractivity contribution in [1.29, 1.82) is 0 Å². The quantitative estimate of drug-likeness (QED) is 0.863. The third-order valence-electron chi connectivity index (χ3n) is 3.06. The number of hydrogen-bond acceptors (Lipinski definition) is 3. The molecular weight excluding hydrogens is 296 g/mol. The van der Waals surface area contributed by atoms with Gasteiger partial charge in [-0.05, 0) is 38.1 Å². The number of thioether (sulfide) groups is 1. The molecule has 94 valence electrons. The molecule has 0 spiro atoms. The minimum absolute atomic E-state index is 0.163. The Labute approximate surface area is 116 Å². The van der Waals surface area contributed by atoms with E-state index in [2.05, 4.69) is 64.3 Å². The molecule has 17 heavy (non-hydrogen) atoms. The maximum absolute atomic E-state index is 3.47. The van der Waals surface area contributed by atoms with Crippen LogP contribution in [-0.2, 0) is 0 Å². The van der Waals surface area contributed by atoms with Gasteiger partial charge in [0.1, 0.15) is 0 Å². The van der Waals surface area contributed by atoms with Crippen LogP contribution >= 0.6 is 27.7 Å². The molecule has 1 aliphatic heterocycles. The van der Waals surface area contributed by atoms with Gasteiger partial charge in [-0.15, -0.1) is 11.8 Å². The molecule has 0 aromatic heterocycles. The third-order valence-corrected chi connectivity index (χ3v) is 4.85. The fourth-order valence-corrected chi connectivity index (χ4v) is 3.48. The lowest BCUT2D eigenvalue weighted by atomic mass is 10.2. The lowest BCUT2D eigenvalue weighted by molar-refractivity contribution is 0.172. The maximum Gasteiger partial charge on any atom is 0.0660 e. The van der Waals surface area contributed by atoms with Crippen LogP contribution in [0, 0.1) is 0 Å². The van der Waals surface area contributed by atoms with Crippen molar-refractivity contribution in [2.75, 3.05) is 26.2 Å². The molecule has 1 saturated heterocycles. The summed E-state index contributed by atoms with van der Waals surface area (Å²) in [6.45, 7) is 9.10. The molecule has 0 bridgehead atoms. The van der Waals surface area contributed by atoms with Crippen LogP contribution in [0.1, 0.15) is 13.8 Å². The Morgan fingerprint density at radius 1 is 1.18 bits per heavy atom. The summed E-state index contributed by atoms with van der Waals surface area (Å²) in [7, 11) is 0. The summed E-state index contributed by atoms with van der Waals surface area (Å²) in [5.41, 5.74) is 0. The number of hydrogen-bond donors (Lipinski definition) is 1. The molecular formula is C13H19BrN2S. The van der Waals surface area contributed by atoms with Crippen LogP contribution in [-0.4, -0.2) is 35.9 Å². The van der Waals surface area contributed by atoms with Crippen molar-refractivity contribution >= 4 is 27.7 Å². The fourth-order valence-electron chi connectivity index (χ4n) is 2.06. The predicted molar refractivity (Wildman–Crippen MR) is 78.5 cm³/mol. The van der Waals surface area contributed by atoms with Gasteiger partial charge in [-0.25, -0.2) is 0 Å². The fraction of sp³-hybridized carbons (Fsp3) is 0.538. The lowest BCUT2D eigenvalue weighted by Crippen LogP contribution is -2.51. The second-order valence-electron chi connectivity index (χ2n) is 4.74. The summed E-state index contributed by atoms with van der Waals surface area (Å²) in [5, 5.41) is 3.40. The Balaban J connectivity index is 2.02. The van der Waals surface area contributed by atoms with Gasteiger partial charge in [-0.3, -0.25) is 4.90 Å². The first-order chi connectivity index (χ1) is 8.08. The molecule has 1 heterocycles. The van der Waals surface area contributed by atoms with Crippen molar-refractivity contribution in [1.82, 2.24) is 10.2 Å². The van der Waals surface area contributed by atoms with Crippen LogP contribution in [0.25, 0.3) is 0 Å². The maximum atomic E-state index is 3.47. The Kier molecular flexibility index (Phi) is 4.53. The molecule has 1 aromatic rings. The highest BCUT2D eigenvalue weighted by Gasteiger charge is 2.28. The Morgan fingerprint density at radius 3 is 2.35 bits per heavy atom. The second kappa shape index (κ2) is 5.74. The lowest BCUT2D eigenvalue weighted by Gasteiger charge is -2.40. The van der Waals surface area contributed by atoms with Gasteiger partial charge in [0.25, 0.3) is 0 Å². The first kappa shape index (κ1) is 13.4. The summed E-state index contributed by atoms with van der Waals surface area (Å²) in [4.78, 5) is 4.04. The Hall–Kier alpha value is -0.0300. The summed E-state index contributed by atoms with van der Waals surface area (Å²) >= 11 is 5.41. The van der Waals surface area contributed by atoms with Gasteiger partial charge in [0, 0.05) is 35.5 Å². The highest BCUT2D eigenvalue weighted by molar-refractivity contribution is 9.10. The minimum Gasteiger partial charge on any atom is -0.314 e. The molecule has 2 rings (SSSR count). The Morgan fingerprint density at radius 2 is 1.76 bits per heavy atom. The average Bonchev–Trinajstić information content (AvgIpc) is 2.33. The minimum atomic E-state index is 0.163. The Bertz CT molecular complexity index is 358. The van der Waals surface area contributed by atoms with Crippen LogP contribution in [0.5, 0.6) is 0 Å². The SMILES string of the molecule is CC(C)(Sc1ccc(Br)cc1)N1CCNCC1. The standard InChI is InChI=1S/C13H19BrN2S/c1-13(2,16-9-7-15-8-10-16)17-12-5-3-11(14)4-6-12/h3-6,15H,7-10H2,1-2H3. The predicted octanol–water partition coefficient (Wildman–Crippen LogP) is 3.18.